The fraction of sp³-hybridized carbons (Fsp3) is 0.412. The highest BCUT2D eigenvalue weighted by atomic mass is 16.5. The van der Waals surface area contributed by atoms with E-state index in [9.17, 15) is 0 Å². The van der Waals surface area contributed by atoms with Crippen LogP contribution < -0.4 is 10.1 Å². The fourth-order valence-electron chi connectivity index (χ4n) is 2.17. The third-order valence-corrected chi connectivity index (χ3v) is 3.67. The first-order valence-electron chi connectivity index (χ1n) is 7.47. The molecule has 0 amide bonds. The lowest BCUT2D eigenvalue weighted by Gasteiger charge is -2.21. The van der Waals surface area contributed by atoms with Gasteiger partial charge in [0, 0.05) is 18.8 Å². The van der Waals surface area contributed by atoms with Crippen molar-refractivity contribution in [2.75, 3.05) is 13.2 Å². The quantitative estimate of drug-likeness (QED) is 0.798. The Morgan fingerprint density at radius 2 is 2.23 bits per heavy atom. The van der Waals surface area contributed by atoms with Crippen molar-refractivity contribution in [3.8, 4) is 11.8 Å². The highest BCUT2D eigenvalue weighted by molar-refractivity contribution is 5.36. The summed E-state index contributed by atoms with van der Waals surface area (Å²) in [4.78, 5) is 0. The number of rotatable bonds is 7. The zero-order valence-electron chi connectivity index (χ0n) is 13.3. The van der Waals surface area contributed by atoms with Crippen LogP contribution in [0.4, 0.5) is 0 Å². The summed E-state index contributed by atoms with van der Waals surface area (Å²) in [5.41, 5.74) is 1.78. The Hall–Kier alpha value is -2.32. The molecule has 2 unspecified atom stereocenters. The molecule has 0 fully saturated rings. The Labute approximate surface area is 131 Å². The summed E-state index contributed by atoms with van der Waals surface area (Å²) in [5.74, 6) is 0.726. The number of ether oxygens (including phenoxy) is 1. The van der Waals surface area contributed by atoms with Crippen LogP contribution in [0, 0.1) is 18.3 Å². The molecule has 22 heavy (non-hydrogen) atoms. The summed E-state index contributed by atoms with van der Waals surface area (Å²) in [6.07, 6.45) is 3.92. The van der Waals surface area contributed by atoms with Gasteiger partial charge in [-0.25, -0.2) is 0 Å². The second-order valence-corrected chi connectivity index (χ2v) is 5.47. The van der Waals surface area contributed by atoms with Gasteiger partial charge in [-0.05, 0) is 44.5 Å². The maximum Gasteiger partial charge on any atom is 0.120 e. The van der Waals surface area contributed by atoms with Crippen molar-refractivity contribution in [2.24, 2.45) is 0 Å². The predicted molar refractivity (Wildman–Crippen MR) is 85.8 cm³/mol. The SMILES string of the molecule is Cc1cnn(C(C)C(C)NCCOc2cccc(C#N)c2)c1. The van der Waals surface area contributed by atoms with E-state index in [0.29, 0.717) is 12.2 Å². The topological polar surface area (TPSA) is 62.9 Å². The first-order valence-corrected chi connectivity index (χ1v) is 7.47. The molecule has 2 atom stereocenters. The average Bonchev–Trinajstić information content (AvgIpc) is 2.97. The second kappa shape index (κ2) is 7.62. The van der Waals surface area contributed by atoms with Crippen molar-refractivity contribution < 1.29 is 4.74 Å². The summed E-state index contributed by atoms with van der Waals surface area (Å²) in [6, 6.07) is 9.86. The van der Waals surface area contributed by atoms with Gasteiger partial charge < -0.3 is 10.1 Å². The van der Waals surface area contributed by atoms with Gasteiger partial charge in [0.1, 0.15) is 12.4 Å². The number of hydrogen-bond donors (Lipinski definition) is 1. The highest BCUT2D eigenvalue weighted by Crippen LogP contribution is 2.13. The van der Waals surface area contributed by atoms with Gasteiger partial charge in [0.2, 0.25) is 0 Å². The monoisotopic (exact) mass is 298 g/mol. The molecule has 0 bridgehead atoms. The van der Waals surface area contributed by atoms with Crippen molar-refractivity contribution in [2.45, 2.75) is 32.9 Å². The molecule has 2 rings (SSSR count). The molecular formula is C17H22N4O. The number of aryl methyl sites for hydroxylation is 1. The number of benzene rings is 1. The largest absolute Gasteiger partial charge is 0.492 e. The number of aromatic nitrogens is 2. The van der Waals surface area contributed by atoms with E-state index in [1.54, 1.807) is 12.1 Å². The van der Waals surface area contributed by atoms with Crippen LogP contribution in [-0.2, 0) is 0 Å². The van der Waals surface area contributed by atoms with E-state index < -0.39 is 0 Å². The molecule has 0 saturated heterocycles. The van der Waals surface area contributed by atoms with Crippen LogP contribution in [-0.4, -0.2) is 29.0 Å². The zero-order chi connectivity index (χ0) is 15.9. The van der Waals surface area contributed by atoms with Gasteiger partial charge in [0.25, 0.3) is 0 Å². The first-order chi connectivity index (χ1) is 10.6. The van der Waals surface area contributed by atoms with Crippen molar-refractivity contribution in [1.82, 2.24) is 15.1 Å². The minimum absolute atomic E-state index is 0.274. The third-order valence-electron chi connectivity index (χ3n) is 3.67. The Balaban J connectivity index is 1.75. The van der Waals surface area contributed by atoms with Gasteiger partial charge in [-0.2, -0.15) is 10.4 Å². The average molecular weight is 298 g/mol. The van der Waals surface area contributed by atoms with E-state index in [-0.39, 0.29) is 12.1 Å². The van der Waals surface area contributed by atoms with Crippen molar-refractivity contribution in [1.29, 1.82) is 5.26 Å². The molecule has 1 aromatic carbocycles. The molecule has 116 valence electrons. The van der Waals surface area contributed by atoms with Crippen LogP contribution in [0.1, 0.15) is 31.0 Å². The van der Waals surface area contributed by atoms with Gasteiger partial charge in [-0.3, -0.25) is 4.68 Å². The van der Waals surface area contributed by atoms with E-state index >= 15 is 0 Å². The molecule has 0 aliphatic carbocycles. The van der Waals surface area contributed by atoms with E-state index in [1.165, 1.54) is 5.56 Å². The summed E-state index contributed by atoms with van der Waals surface area (Å²) in [5, 5.41) is 16.6. The molecule has 5 heteroatoms. The van der Waals surface area contributed by atoms with Gasteiger partial charge >= 0.3 is 0 Å². The van der Waals surface area contributed by atoms with Crippen LogP contribution >= 0.6 is 0 Å². The summed E-state index contributed by atoms with van der Waals surface area (Å²) in [6.45, 7) is 7.61. The fourth-order valence-corrected chi connectivity index (χ4v) is 2.17. The number of hydrogen-bond acceptors (Lipinski definition) is 4. The lowest BCUT2D eigenvalue weighted by molar-refractivity contribution is 0.289. The molecule has 2 aromatic rings. The Morgan fingerprint density at radius 3 is 2.91 bits per heavy atom. The Kier molecular flexibility index (Phi) is 5.56. The van der Waals surface area contributed by atoms with Crippen LogP contribution in [0.15, 0.2) is 36.7 Å². The van der Waals surface area contributed by atoms with Crippen molar-refractivity contribution in [3.05, 3.63) is 47.8 Å². The third kappa shape index (κ3) is 4.34. The van der Waals surface area contributed by atoms with Crippen LogP contribution in [0.3, 0.4) is 0 Å². The van der Waals surface area contributed by atoms with Crippen LogP contribution in [0.5, 0.6) is 5.75 Å². The van der Waals surface area contributed by atoms with Gasteiger partial charge in [0.15, 0.2) is 0 Å². The zero-order valence-corrected chi connectivity index (χ0v) is 13.3. The molecule has 1 N–H and O–H groups in total. The van der Waals surface area contributed by atoms with E-state index in [1.807, 2.05) is 36.1 Å². The molecule has 0 aliphatic rings. The van der Waals surface area contributed by atoms with Crippen molar-refractivity contribution >= 4 is 0 Å². The van der Waals surface area contributed by atoms with Crippen LogP contribution in [0.25, 0.3) is 0 Å². The van der Waals surface area contributed by atoms with E-state index in [0.717, 1.165) is 12.3 Å². The van der Waals surface area contributed by atoms with Gasteiger partial charge in [-0.1, -0.05) is 6.07 Å². The van der Waals surface area contributed by atoms with E-state index in [2.05, 4.69) is 30.3 Å². The van der Waals surface area contributed by atoms with E-state index in [4.69, 9.17) is 10.00 Å². The molecule has 0 aliphatic heterocycles. The molecule has 1 aromatic heterocycles. The van der Waals surface area contributed by atoms with Crippen molar-refractivity contribution in [3.63, 3.8) is 0 Å². The summed E-state index contributed by atoms with van der Waals surface area (Å²) in [7, 11) is 0. The molecule has 5 nitrogen and oxygen atoms in total. The lowest BCUT2D eigenvalue weighted by atomic mass is 10.2. The molecule has 0 radical (unpaired) electrons. The molecule has 0 saturated carbocycles. The van der Waals surface area contributed by atoms with Gasteiger partial charge in [-0.15, -0.1) is 0 Å². The van der Waals surface area contributed by atoms with Gasteiger partial charge in [0.05, 0.1) is 23.9 Å². The second-order valence-electron chi connectivity index (χ2n) is 5.47. The highest BCUT2D eigenvalue weighted by Gasteiger charge is 2.13. The molecular weight excluding hydrogens is 276 g/mol. The molecule has 1 heterocycles. The normalized spacial score (nSPS) is 13.4. The molecule has 0 spiro atoms. The number of nitrogens with zero attached hydrogens (tertiary/aromatic N) is 3. The summed E-state index contributed by atoms with van der Waals surface area (Å²) >= 11 is 0. The smallest absolute Gasteiger partial charge is 0.120 e. The predicted octanol–water partition coefficient (Wildman–Crippen LogP) is 2.68. The minimum atomic E-state index is 0.274. The Morgan fingerprint density at radius 1 is 1.41 bits per heavy atom. The maximum atomic E-state index is 8.85. The number of nitriles is 1. The maximum absolute atomic E-state index is 8.85. The number of nitrogens with one attached hydrogen (secondary N) is 1. The standard InChI is InChI=1S/C17H22N4O/c1-13-11-20-21(12-13)15(3)14(2)19-7-8-22-17-6-4-5-16(9-17)10-18/h4-6,9,11-12,14-15,19H,7-8H2,1-3H3. The van der Waals surface area contributed by atoms with Crippen LogP contribution in [0.2, 0.25) is 0 Å². The minimum Gasteiger partial charge on any atom is -0.492 e. The Bertz CT molecular complexity index is 644. The summed E-state index contributed by atoms with van der Waals surface area (Å²) < 4.78 is 7.63. The lowest BCUT2D eigenvalue weighted by Crippen LogP contribution is -2.36. The first kappa shape index (κ1) is 16.1.